The van der Waals surface area contributed by atoms with Gasteiger partial charge in [0.2, 0.25) is 0 Å². The highest BCUT2D eigenvalue weighted by molar-refractivity contribution is 6.31. The van der Waals surface area contributed by atoms with Crippen LogP contribution >= 0.6 is 11.6 Å². The Balaban J connectivity index is 1.35. The molecule has 7 nitrogen and oxygen atoms in total. The van der Waals surface area contributed by atoms with Gasteiger partial charge in [-0.05, 0) is 37.1 Å². The maximum absolute atomic E-state index is 13.5. The van der Waals surface area contributed by atoms with Crippen molar-refractivity contribution in [3.05, 3.63) is 47.5 Å². The number of aliphatic hydroxyl groups excluding tert-OH is 1. The summed E-state index contributed by atoms with van der Waals surface area (Å²) in [6.45, 7) is 2.81. The lowest BCUT2D eigenvalue weighted by Crippen LogP contribution is -2.27. The highest BCUT2D eigenvalue weighted by Crippen LogP contribution is 2.52. The van der Waals surface area contributed by atoms with E-state index in [1.165, 1.54) is 18.5 Å². The molecule has 2 fully saturated rings. The van der Waals surface area contributed by atoms with Gasteiger partial charge in [-0.3, -0.25) is 4.90 Å². The number of aromatic nitrogens is 2. The van der Waals surface area contributed by atoms with Crippen LogP contribution in [0.5, 0.6) is 11.5 Å². The molecular formula is C23H24ClFN4O3. The van der Waals surface area contributed by atoms with Crippen molar-refractivity contribution in [2.75, 3.05) is 38.7 Å². The predicted molar refractivity (Wildman–Crippen MR) is 120 cm³/mol. The number of ether oxygens (including phenoxy) is 2. The minimum absolute atomic E-state index is 0.0269. The molecule has 0 radical (unpaired) electrons. The van der Waals surface area contributed by atoms with E-state index in [1.807, 2.05) is 6.07 Å². The molecule has 0 bridgehead atoms. The summed E-state index contributed by atoms with van der Waals surface area (Å²) < 4.78 is 25.1. The predicted octanol–water partition coefficient (Wildman–Crippen LogP) is 4.01. The average molecular weight is 459 g/mol. The molecule has 1 saturated carbocycles. The molecular weight excluding hydrogens is 435 g/mol. The number of anilines is 2. The van der Waals surface area contributed by atoms with E-state index >= 15 is 0 Å². The lowest BCUT2D eigenvalue weighted by atomic mass is 10.0. The van der Waals surface area contributed by atoms with Gasteiger partial charge in [-0.1, -0.05) is 11.6 Å². The maximum Gasteiger partial charge on any atom is 0.162 e. The zero-order valence-electron chi connectivity index (χ0n) is 17.6. The Labute approximate surface area is 190 Å². The third kappa shape index (κ3) is 4.05. The molecule has 1 unspecified atom stereocenters. The maximum atomic E-state index is 13.5. The number of likely N-dealkylation sites (tertiary alicyclic amines) is 1. The zero-order chi connectivity index (χ0) is 22.3. The van der Waals surface area contributed by atoms with Crippen LogP contribution in [0, 0.1) is 11.2 Å². The number of methoxy groups -OCH3 is 1. The van der Waals surface area contributed by atoms with E-state index in [0.717, 1.165) is 31.3 Å². The van der Waals surface area contributed by atoms with Gasteiger partial charge >= 0.3 is 0 Å². The van der Waals surface area contributed by atoms with Crippen LogP contribution in [0.2, 0.25) is 5.02 Å². The van der Waals surface area contributed by atoms with Crippen molar-refractivity contribution >= 4 is 34.0 Å². The molecule has 3 aromatic rings. The van der Waals surface area contributed by atoms with Gasteiger partial charge in [0.15, 0.2) is 11.5 Å². The minimum atomic E-state index is -0.483. The van der Waals surface area contributed by atoms with Crippen LogP contribution in [0.3, 0.4) is 0 Å². The Bertz CT molecular complexity index is 1160. The Kier molecular flexibility index (Phi) is 5.53. The molecule has 1 saturated heterocycles. The van der Waals surface area contributed by atoms with Gasteiger partial charge < -0.3 is 19.9 Å². The van der Waals surface area contributed by atoms with Crippen LogP contribution in [0.25, 0.3) is 10.9 Å². The van der Waals surface area contributed by atoms with Crippen LogP contribution in [-0.2, 0) is 0 Å². The van der Waals surface area contributed by atoms with Gasteiger partial charge in [-0.2, -0.15) is 0 Å². The van der Waals surface area contributed by atoms with Crippen molar-refractivity contribution < 1.29 is 19.0 Å². The fourth-order valence-electron chi connectivity index (χ4n) is 4.31. The number of nitrogens with zero attached hydrogens (tertiary/aromatic N) is 3. The monoisotopic (exact) mass is 458 g/mol. The quantitative estimate of drug-likeness (QED) is 0.553. The summed E-state index contributed by atoms with van der Waals surface area (Å²) in [5, 5.41) is 14.2. The molecule has 1 aliphatic carbocycles. The SMILES string of the molecule is COc1cc2ncnc(Nc3ccc(F)c(Cl)c3)c2cc1OCCN1CC(O)C2(CC2)C1. The number of rotatable bonds is 7. The van der Waals surface area contributed by atoms with E-state index in [0.29, 0.717) is 41.7 Å². The molecule has 1 atom stereocenters. The number of halogens is 2. The summed E-state index contributed by atoms with van der Waals surface area (Å²) in [7, 11) is 1.59. The molecule has 2 N–H and O–H groups in total. The van der Waals surface area contributed by atoms with Crippen molar-refractivity contribution in [3.63, 3.8) is 0 Å². The topological polar surface area (TPSA) is 79.7 Å². The second kappa shape index (κ2) is 8.35. The molecule has 2 heterocycles. The minimum Gasteiger partial charge on any atom is -0.493 e. The Morgan fingerprint density at radius 1 is 1.25 bits per heavy atom. The van der Waals surface area contributed by atoms with E-state index in [-0.39, 0.29) is 16.5 Å². The second-order valence-electron chi connectivity index (χ2n) is 8.46. The van der Waals surface area contributed by atoms with Gasteiger partial charge in [-0.15, -0.1) is 0 Å². The van der Waals surface area contributed by atoms with Crippen molar-refractivity contribution in [2.24, 2.45) is 5.41 Å². The molecule has 2 aromatic carbocycles. The highest BCUT2D eigenvalue weighted by atomic mass is 35.5. The Hall–Kier alpha value is -2.68. The standard InChI is InChI=1S/C23H24ClFN4O3/c1-31-19-10-18-15(22(27-13-26-18)28-14-2-3-17(25)16(24)8-14)9-20(19)32-7-6-29-11-21(30)23(12-29)4-5-23/h2-3,8-10,13,21,30H,4-7,11-12H2,1H3,(H,26,27,28). The zero-order valence-corrected chi connectivity index (χ0v) is 18.4. The van der Waals surface area contributed by atoms with Crippen molar-refractivity contribution in [3.8, 4) is 11.5 Å². The number of aliphatic hydroxyl groups is 1. The lowest BCUT2D eigenvalue weighted by Gasteiger charge is -2.17. The first-order chi connectivity index (χ1) is 15.5. The van der Waals surface area contributed by atoms with Gasteiger partial charge in [0.1, 0.15) is 24.6 Å². The number of hydrogen-bond acceptors (Lipinski definition) is 7. The van der Waals surface area contributed by atoms with E-state index < -0.39 is 5.82 Å². The summed E-state index contributed by atoms with van der Waals surface area (Å²) >= 11 is 5.90. The summed E-state index contributed by atoms with van der Waals surface area (Å²) in [5.41, 5.74) is 1.41. The molecule has 1 spiro atoms. The largest absolute Gasteiger partial charge is 0.493 e. The van der Waals surface area contributed by atoms with E-state index in [9.17, 15) is 9.50 Å². The first-order valence-electron chi connectivity index (χ1n) is 10.6. The molecule has 0 amide bonds. The fourth-order valence-corrected chi connectivity index (χ4v) is 4.49. The average Bonchev–Trinajstić information content (AvgIpc) is 3.49. The number of hydrogen-bond donors (Lipinski definition) is 2. The third-order valence-corrected chi connectivity index (χ3v) is 6.63. The van der Waals surface area contributed by atoms with Crippen LogP contribution in [0.1, 0.15) is 12.8 Å². The molecule has 5 rings (SSSR count). The Morgan fingerprint density at radius 2 is 2.09 bits per heavy atom. The lowest BCUT2D eigenvalue weighted by molar-refractivity contribution is 0.130. The van der Waals surface area contributed by atoms with E-state index in [1.54, 1.807) is 19.2 Å². The number of nitrogens with one attached hydrogen (secondary N) is 1. The van der Waals surface area contributed by atoms with Crippen molar-refractivity contribution in [1.82, 2.24) is 14.9 Å². The first-order valence-corrected chi connectivity index (χ1v) is 10.9. The summed E-state index contributed by atoms with van der Waals surface area (Å²) in [6, 6.07) is 8.03. The molecule has 168 valence electrons. The first kappa shape index (κ1) is 21.2. The summed E-state index contributed by atoms with van der Waals surface area (Å²) in [6.07, 6.45) is 3.43. The van der Waals surface area contributed by atoms with Crippen molar-refractivity contribution in [1.29, 1.82) is 0 Å². The molecule has 2 aliphatic rings. The van der Waals surface area contributed by atoms with Gasteiger partial charge in [0.05, 0.1) is 23.8 Å². The van der Waals surface area contributed by atoms with Gasteiger partial charge in [0.25, 0.3) is 0 Å². The summed E-state index contributed by atoms with van der Waals surface area (Å²) in [4.78, 5) is 10.9. The molecule has 1 aliphatic heterocycles. The Morgan fingerprint density at radius 3 is 2.81 bits per heavy atom. The fraction of sp³-hybridized carbons (Fsp3) is 0.391. The summed E-state index contributed by atoms with van der Waals surface area (Å²) in [5.74, 6) is 1.22. The molecule has 1 aromatic heterocycles. The number of benzene rings is 2. The van der Waals surface area contributed by atoms with Gasteiger partial charge in [-0.25, -0.2) is 14.4 Å². The smallest absolute Gasteiger partial charge is 0.162 e. The normalized spacial score (nSPS) is 19.4. The number of fused-ring (bicyclic) bond motifs is 1. The van der Waals surface area contributed by atoms with E-state index in [4.69, 9.17) is 21.1 Å². The highest BCUT2D eigenvalue weighted by Gasteiger charge is 2.54. The number of β-amino-alcohol motifs (C(OH)–C–C–N with tert-alkyl or cyclic N) is 1. The van der Waals surface area contributed by atoms with Crippen LogP contribution in [0.15, 0.2) is 36.7 Å². The second-order valence-corrected chi connectivity index (χ2v) is 8.87. The van der Waals surface area contributed by atoms with Crippen molar-refractivity contribution in [2.45, 2.75) is 18.9 Å². The van der Waals surface area contributed by atoms with E-state index in [2.05, 4.69) is 20.2 Å². The van der Waals surface area contributed by atoms with Crippen LogP contribution in [0.4, 0.5) is 15.9 Å². The van der Waals surface area contributed by atoms with Gasteiger partial charge in [0, 0.05) is 42.2 Å². The molecule has 9 heteroatoms. The molecule has 32 heavy (non-hydrogen) atoms. The van der Waals surface area contributed by atoms with Crippen LogP contribution in [-0.4, -0.2) is 59.4 Å². The third-order valence-electron chi connectivity index (χ3n) is 6.34. The van der Waals surface area contributed by atoms with Crippen LogP contribution < -0.4 is 14.8 Å².